The van der Waals surface area contributed by atoms with Gasteiger partial charge in [-0.2, -0.15) is 0 Å². The van der Waals surface area contributed by atoms with Gasteiger partial charge in [0.2, 0.25) is 5.91 Å². The van der Waals surface area contributed by atoms with Gasteiger partial charge in [0.05, 0.1) is 10.6 Å². The van der Waals surface area contributed by atoms with Crippen molar-refractivity contribution < 1.29 is 18.0 Å². The van der Waals surface area contributed by atoms with Crippen molar-refractivity contribution in [2.45, 2.75) is 43.7 Å². The third kappa shape index (κ3) is 4.41. The third-order valence-corrected chi connectivity index (χ3v) is 8.50. The lowest BCUT2D eigenvalue weighted by molar-refractivity contribution is -0.117. The van der Waals surface area contributed by atoms with E-state index in [1.54, 1.807) is 17.0 Å². The smallest absolute Gasteiger partial charge is 0.264 e. The van der Waals surface area contributed by atoms with Crippen molar-refractivity contribution in [2.24, 2.45) is 0 Å². The van der Waals surface area contributed by atoms with Crippen LogP contribution in [0.2, 0.25) is 0 Å². The minimum absolute atomic E-state index is 0.0911. The molecule has 2 heterocycles. The number of benzene rings is 3. The van der Waals surface area contributed by atoms with E-state index in [1.807, 2.05) is 55.5 Å². The Morgan fingerprint density at radius 3 is 2.54 bits per heavy atom. The minimum Gasteiger partial charge on any atom is -0.348 e. The summed E-state index contributed by atoms with van der Waals surface area (Å²) < 4.78 is 28.4. The summed E-state index contributed by atoms with van der Waals surface area (Å²) in [7, 11) is -3.82. The lowest BCUT2D eigenvalue weighted by Gasteiger charge is -2.24. The second-order valence-corrected chi connectivity index (χ2v) is 10.8. The molecule has 0 aromatic heterocycles. The molecule has 2 amide bonds. The van der Waals surface area contributed by atoms with Crippen LogP contribution in [0, 0.1) is 0 Å². The first kappa shape index (κ1) is 23.1. The molecule has 2 aliphatic rings. The zero-order chi connectivity index (χ0) is 24.6. The van der Waals surface area contributed by atoms with Gasteiger partial charge in [0.1, 0.15) is 0 Å². The molecule has 1 saturated heterocycles. The predicted octanol–water partition coefficient (Wildman–Crippen LogP) is 3.88. The Kier molecular flexibility index (Phi) is 6.06. The fraction of sp³-hybridized carbons (Fsp3) is 0.259. The fourth-order valence-corrected chi connectivity index (χ4v) is 6.55. The van der Waals surface area contributed by atoms with Gasteiger partial charge in [-0.15, -0.1) is 0 Å². The van der Waals surface area contributed by atoms with Crippen molar-refractivity contribution in [3.8, 4) is 0 Å². The number of amides is 2. The van der Waals surface area contributed by atoms with Crippen molar-refractivity contribution in [2.75, 3.05) is 15.7 Å². The summed E-state index contributed by atoms with van der Waals surface area (Å²) in [6, 6.07) is 21.0. The first-order valence-corrected chi connectivity index (χ1v) is 13.2. The molecule has 3 aromatic rings. The van der Waals surface area contributed by atoms with Gasteiger partial charge >= 0.3 is 0 Å². The highest BCUT2D eigenvalue weighted by molar-refractivity contribution is 7.92. The summed E-state index contributed by atoms with van der Waals surface area (Å²) in [6.07, 6.45) is 2.10. The Hall–Kier alpha value is -3.65. The fourth-order valence-electron chi connectivity index (χ4n) is 4.81. The maximum absolute atomic E-state index is 13.5. The summed E-state index contributed by atoms with van der Waals surface area (Å²) in [6.45, 7) is 2.91. The molecule has 35 heavy (non-hydrogen) atoms. The molecular weight excluding hydrogens is 462 g/mol. The van der Waals surface area contributed by atoms with Gasteiger partial charge in [0.25, 0.3) is 15.9 Å². The molecule has 7 nitrogen and oxygen atoms in total. The van der Waals surface area contributed by atoms with E-state index in [9.17, 15) is 18.0 Å². The summed E-state index contributed by atoms with van der Waals surface area (Å²) >= 11 is 0. The number of sulfonamides is 1. The normalized spacial score (nSPS) is 17.5. The van der Waals surface area contributed by atoms with Crippen LogP contribution in [0.1, 0.15) is 41.3 Å². The van der Waals surface area contributed by atoms with E-state index in [-0.39, 0.29) is 28.3 Å². The van der Waals surface area contributed by atoms with Gasteiger partial charge in [-0.05, 0) is 67.3 Å². The Bertz CT molecular complexity index is 1390. The van der Waals surface area contributed by atoms with Crippen LogP contribution < -0.4 is 14.5 Å². The SMILES string of the molecule is CC1Cc2ccccc2N1S(=O)(=O)c1cccc(C(=O)NCc2ccc(N3CCCC3=O)cc2)c1. The van der Waals surface area contributed by atoms with Gasteiger partial charge in [0.15, 0.2) is 0 Å². The van der Waals surface area contributed by atoms with E-state index in [0.29, 0.717) is 25.1 Å². The highest BCUT2D eigenvalue weighted by Crippen LogP contribution is 2.36. The predicted molar refractivity (Wildman–Crippen MR) is 135 cm³/mol. The quantitative estimate of drug-likeness (QED) is 0.569. The molecular formula is C27H27N3O4S. The zero-order valence-electron chi connectivity index (χ0n) is 19.5. The largest absolute Gasteiger partial charge is 0.348 e. The van der Waals surface area contributed by atoms with Crippen molar-refractivity contribution in [3.63, 3.8) is 0 Å². The maximum atomic E-state index is 13.5. The number of para-hydroxylation sites is 1. The number of carbonyl (C=O) groups excluding carboxylic acids is 2. The molecule has 0 radical (unpaired) electrons. The Balaban J connectivity index is 1.29. The second-order valence-electron chi connectivity index (χ2n) is 9.01. The van der Waals surface area contributed by atoms with Gasteiger partial charge in [-0.1, -0.05) is 36.4 Å². The minimum atomic E-state index is -3.82. The highest BCUT2D eigenvalue weighted by Gasteiger charge is 2.36. The Labute approximate surface area is 205 Å². The number of anilines is 2. The second kappa shape index (κ2) is 9.19. The summed E-state index contributed by atoms with van der Waals surface area (Å²) in [5.41, 5.74) is 3.72. The molecule has 180 valence electrons. The average Bonchev–Trinajstić information content (AvgIpc) is 3.45. The molecule has 1 N–H and O–H groups in total. The van der Waals surface area contributed by atoms with E-state index in [2.05, 4.69) is 5.32 Å². The van der Waals surface area contributed by atoms with Crippen LogP contribution in [-0.2, 0) is 27.8 Å². The van der Waals surface area contributed by atoms with Gasteiger partial charge in [-0.25, -0.2) is 8.42 Å². The standard InChI is InChI=1S/C27H27N3O4S/c1-19-16-21-6-2-3-9-25(21)30(19)35(33,34)24-8-4-7-22(17-24)27(32)28-18-20-11-13-23(14-12-20)29-15-5-10-26(29)31/h2-4,6-9,11-14,17,19H,5,10,15-16,18H2,1H3,(H,28,32). The molecule has 1 atom stereocenters. The van der Waals surface area contributed by atoms with E-state index in [1.165, 1.54) is 16.4 Å². The van der Waals surface area contributed by atoms with Gasteiger partial charge < -0.3 is 10.2 Å². The number of carbonyl (C=O) groups is 2. The number of nitrogens with one attached hydrogen (secondary N) is 1. The van der Waals surface area contributed by atoms with Crippen LogP contribution in [0.4, 0.5) is 11.4 Å². The van der Waals surface area contributed by atoms with Gasteiger partial charge in [-0.3, -0.25) is 13.9 Å². The van der Waals surface area contributed by atoms with E-state index in [4.69, 9.17) is 0 Å². The maximum Gasteiger partial charge on any atom is 0.264 e. The molecule has 1 fully saturated rings. The first-order valence-electron chi connectivity index (χ1n) is 11.7. The van der Waals surface area contributed by atoms with Crippen LogP contribution in [-0.4, -0.2) is 32.8 Å². The Morgan fingerprint density at radius 1 is 1.03 bits per heavy atom. The molecule has 8 heteroatoms. The summed E-state index contributed by atoms with van der Waals surface area (Å²) in [4.78, 5) is 26.6. The van der Waals surface area contributed by atoms with E-state index < -0.39 is 10.0 Å². The highest BCUT2D eigenvalue weighted by atomic mass is 32.2. The van der Waals surface area contributed by atoms with Crippen molar-refractivity contribution in [1.29, 1.82) is 0 Å². The first-order chi connectivity index (χ1) is 16.8. The number of nitrogens with zero attached hydrogens (tertiary/aromatic N) is 2. The van der Waals surface area contributed by atoms with Crippen LogP contribution in [0.25, 0.3) is 0 Å². The van der Waals surface area contributed by atoms with Crippen molar-refractivity contribution in [3.05, 3.63) is 89.5 Å². The van der Waals surface area contributed by atoms with E-state index in [0.717, 1.165) is 29.8 Å². The molecule has 5 rings (SSSR count). The van der Waals surface area contributed by atoms with Crippen LogP contribution >= 0.6 is 0 Å². The summed E-state index contributed by atoms with van der Waals surface area (Å²) in [5.74, 6) is -0.219. The van der Waals surface area contributed by atoms with Crippen molar-refractivity contribution >= 4 is 33.2 Å². The van der Waals surface area contributed by atoms with Gasteiger partial charge in [0, 0.05) is 36.8 Å². The molecule has 1 unspecified atom stereocenters. The molecule has 3 aromatic carbocycles. The summed E-state index contributed by atoms with van der Waals surface area (Å²) in [5, 5.41) is 2.86. The zero-order valence-corrected chi connectivity index (χ0v) is 20.3. The van der Waals surface area contributed by atoms with Crippen LogP contribution in [0.15, 0.2) is 77.7 Å². The molecule has 0 bridgehead atoms. The lowest BCUT2D eigenvalue weighted by Crippen LogP contribution is -2.35. The molecule has 0 aliphatic carbocycles. The van der Waals surface area contributed by atoms with Crippen LogP contribution in [0.3, 0.4) is 0 Å². The monoisotopic (exact) mass is 489 g/mol. The molecule has 0 spiro atoms. The number of hydrogen-bond acceptors (Lipinski definition) is 4. The lowest BCUT2D eigenvalue weighted by atomic mass is 10.1. The number of rotatable bonds is 6. The third-order valence-electron chi connectivity index (χ3n) is 6.57. The Morgan fingerprint density at radius 2 is 1.80 bits per heavy atom. The number of fused-ring (bicyclic) bond motifs is 1. The van der Waals surface area contributed by atoms with Crippen molar-refractivity contribution in [1.82, 2.24) is 5.32 Å². The topological polar surface area (TPSA) is 86.8 Å². The molecule has 2 aliphatic heterocycles. The van der Waals surface area contributed by atoms with E-state index >= 15 is 0 Å². The van der Waals surface area contributed by atoms with Crippen LogP contribution in [0.5, 0.6) is 0 Å². The average molecular weight is 490 g/mol. The molecule has 0 saturated carbocycles. The number of hydrogen-bond donors (Lipinski definition) is 1.